The molecule has 138 valence electrons. The second-order valence-electron chi connectivity index (χ2n) is 7.60. The Bertz CT molecular complexity index is 446. The molecule has 4 aliphatic rings. The molecule has 2 heterocycles. The number of halogens is 1. The summed E-state index contributed by atoms with van der Waals surface area (Å²) in [6, 6.07) is 0.164. The maximum atomic E-state index is 13.4. The van der Waals surface area contributed by atoms with Gasteiger partial charge in [0.15, 0.2) is 0 Å². The van der Waals surface area contributed by atoms with Gasteiger partial charge in [0, 0.05) is 19.1 Å². The van der Waals surface area contributed by atoms with Crippen LogP contribution in [0.1, 0.15) is 38.5 Å². The predicted molar refractivity (Wildman–Crippen MR) is 85.8 cm³/mol. The summed E-state index contributed by atoms with van der Waals surface area (Å²) in [5.41, 5.74) is 6.38. The van der Waals surface area contributed by atoms with Crippen molar-refractivity contribution in [3.8, 4) is 0 Å². The van der Waals surface area contributed by atoms with E-state index in [9.17, 15) is 9.50 Å². The number of alkyl halides is 1. The Morgan fingerprint density at radius 2 is 2.00 bits per heavy atom. The van der Waals surface area contributed by atoms with Gasteiger partial charge in [-0.15, -0.1) is 0 Å². The first-order valence-electron chi connectivity index (χ1n) is 9.21. The lowest BCUT2D eigenvalue weighted by Crippen LogP contribution is -2.71. The van der Waals surface area contributed by atoms with Crippen molar-refractivity contribution in [1.29, 1.82) is 0 Å². The van der Waals surface area contributed by atoms with Crippen LogP contribution in [-0.2, 0) is 9.47 Å². The van der Waals surface area contributed by atoms with Crippen molar-refractivity contribution in [2.75, 3.05) is 6.67 Å². The van der Waals surface area contributed by atoms with Crippen LogP contribution < -0.4 is 21.7 Å². The quantitative estimate of drug-likeness (QED) is 0.429. The first-order chi connectivity index (χ1) is 11.6. The molecule has 2 saturated carbocycles. The number of nitrogens with two attached hydrogens (primary N) is 1. The standard InChI is InChI=1S/C16H29FN4O3/c17-10-3-2-9(6-11(10)22)23-16-14(18)15(19-7-20-16)21-8-1-4-12-13(5-8)24-12/h8-16,19-22H,1-7,18H2. The topological polar surface area (TPSA) is 104 Å². The molecule has 0 spiro atoms. The summed E-state index contributed by atoms with van der Waals surface area (Å²) in [5.74, 6) is 0. The van der Waals surface area contributed by atoms with E-state index in [-0.39, 0.29) is 24.5 Å². The Kier molecular flexibility index (Phi) is 5.06. The largest absolute Gasteiger partial charge is 0.390 e. The van der Waals surface area contributed by atoms with Gasteiger partial charge in [-0.2, -0.15) is 0 Å². The first-order valence-corrected chi connectivity index (χ1v) is 9.21. The fourth-order valence-corrected chi connectivity index (χ4v) is 4.24. The highest BCUT2D eigenvalue weighted by atomic mass is 19.1. The van der Waals surface area contributed by atoms with Crippen molar-refractivity contribution in [3.05, 3.63) is 0 Å². The molecule has 0 amide bonds. The lowest BCUT2D eigenvalue weighted by molar-refractivity contribution is -0.107. The number of nitrogens with one attached hydrogen (secondary N) is 3. The Balaban J connectivity index is 1.28. The molecule has 8 heteroatoms. The third-order valence-corrected chi connectivity index (χ3v) is 5.80. The van der Waals surface area contributed by atoms with Gasteiger partial charge in [-0.05, 0) is 32.1 Å². The van der Waals surface area contributed by atoms with E-state index in [1.807, 2.05) is 0 Å². The van der Waals surface area contributed by atoms with Crippen LogP contribution in [-0.4, -0.2) is 66.8 Å². The van der Waals surface area contributed by atoms with Crippen LogP contribution in [0.4, 0.5) is 4.39 Å². The summed E-state index contributed by atoms with van der Waals surface area (Å²) in [6.07, 6.45) is 2.96. The monoisotopic (exact) mass is 344 g/mol. The van der Waals surface area contributed by atoms with E-state index >= 15 is 0 Å². The number of fused-ring (bicyclic) bond motifs is 1. The molecular formula is C16H29FN4O3. The lowest BCUT2D eigenvalue weighted by atomic mass is 9.93. The normalized spacial score (nSPS) is 51.9. The van der Waals surface area contributed by atoms with Gasteiger partial charge >= 0.3 is 0 Å². The summed E-state index contributed by atoms with van der Waals surface area (Å²) in [7, 11) is 0. The number of ether oxygens (including phenoxy) is 2. The summed E-state index contributed by atoms with van der Waals surface area (Å²) in [4.78, 5) is 0. The molecule has 0 aromatic carbocycles. The van der Waals surface area contributed by atoms with Crippen LogP contribution in [0.25, 0.3) is 0 Å². The highest BCUT2D eigenvalue weighted by Gasteiger charge is 2.45. The fraction of sp³-hybridized carbons (Fsp3) is 1.00. The van der Waals surface area contributed by atoms with Crippen LogP contribution in [0.2, 0.25) is 0 Å². The molecule has 2 aliphatic carbocycles. The molecule has 7 nitrogen and oxygen atoms in total. The summed E-state index contributed by atoms with van der Waals surface area (Å²) >= 11 is 0. The number of aliphatic hydroxyl groups is 1. The predicted octanol–water partition coefficient (Wildman–Crippen LogP) is -0.706. The highest BCUT2D eigenvalue weighted by molar-refractivity contribution is 4.97. The molecule has 2 saturated heterocycles. The lowest BCUT2D eigenvalue weighted by Gasteiger charge is -2.42. The molecule has 6 N–H and O–H groups in total. The maximum Gasteiger partial charge on any atom is 0.127 e. The Hall–Kier alpha value is -0.350. The number of epoxide rings is 1. The van der Waals surface area contributed by atoms with E-state index in [2.05, 4.69) is 16.0 Å². The summed E-state index contributed by atoms with van der Waals surface area (Å²) in [6.45, 7) is 0.603. The van der Waals surface area contributed by atoms with Crippen molar-refractivity contribution in [3.63, 3.8) is 0 Å². The van der Waals surface area contributed by atoms with Gasteiger partial charge in [0.25, 0.3) is 0 Å². The second-order valence-corrected chi connectivity index (χ2v) is 7.60. The molecule has 24 heavy (non-hydrogen) atoms. The van der Waals surface area contributed by atoms with E-state index in [1.54, 1.807) is 0 Å². The third kappa shape index (κ3) is 3.75. The minimum atomic E-state index is -1.13. The Morgan fingerprint density at radius 3 is 2.79 bits per heavy atom. The van der Waals surface area contributed by atoms with Gasteiger partial charge in [0.2, 0.25) is 0 Å². The van der Waals surface area contributed by atoms with Gasteiger partial charge < -0.3 is 20.3 Å². The smallest absolute Gasteiger partial charge is 0.127 e. The van der Waals surface area contributed by atoms with Gasteiger partial charge in [0.05, 0.1) is 36.6 Å². The highest BCUT2D eigenvalue weighted by Crippen LogP contribution is 2.36. The molecular weight excluding hydrogens is 315 g/mol. The van der Waals surface area contributed by atoms with Gasteiger partial charge in [-0.3, -0.25) is 16.0 Å². The Labute approximate surface area is 141 Å². The van der Waals surface area contributed by atoms with Crippen molar-refractivity contribution >= 4 is 0 Å². The van der Waals surface area contributed by atoms with Crippen molar-refractivity contribution in [2.45, 2.75) is 93.6 Å². The van der Waals surface area contributed by atoms with E-state index in [0.29, 0.717) is 44.2 Å². The minimum absolute atomic E-state index is 0.0287. The van der Waals surface area contributed by atoms with Crippen LogP contribution in [0, 0.1) is 0 Å². The molecule has 0 bridgehead atoms. The number of hydrogen-bond acceptors (Lipinski definition) is 7. The average molecular weight is 344 g/mol. The van der Waals surface area contributed by atoms with Gasteiger partial charge in [-0.25, -0.2) is 4.39 Å². The van der Waals surface area contributed by atoms with Gasteiger partial charge in [0.1, 0.15) is 12.4 Å². The van der Waals surface area contributed by atoms with E-state index in [0.717, 1.165) is 19.3 Å². The molecule has 4 fully saturated rings. The van der Waals surface area contributed by atoms with E-state index in [4.69, 9.17) is 15.2 Å². The van der Waals surface area contributed by atoms with Gasteiger partial charge in [-0.1, -0.05) is 0 Å². The molecule has 9 unspecified atom stereocenters. The molecule has 0 aromatic rings. The molecule has 9 atom stereocenters. The number of hydrogen-bond donors (Lipinski definition) is 5. The maximum absolute atomic E-state index is 13.4. The van der Waals surface area contributed by atoms with Crippen LogP contribution >= 0.6 is 0 Å². The van der Waals surface area contributed by atoms with E-state index in [1.165, 1.54) is 0 Å². The molecule has 0 aromatic heterocycles. The van der Waals surface area contributed by atoms with E-state index < -0.39 is 12.3 Å². The molecule has 2 aliphatic heterocycles. The van der Waals surface area contributed by atoms with Crippen LogP contribution in [0.15, 0.2) is 0 Å². The first kappa shape index (κ1) is 17.1. The number of rotatable bonds is 4. The summed E-state index contributed by atoms with van der Waals surface area (Å²) < 4.78 is 25.0. The van der Waals surface area contributed by atoms with Crippen LogP contribution in [0.5, 0.6) is 0 Å². The van der Waals surface area contributed by atoms with Crippen LogP contribution in [0.3, 0.4) is 0 Å². The SMILES string of the molecule is NC1C(NC2CCC3OC3C2)NCNC1OC1CCC(F)C(O)C1. The minimum Gasteiger partial charge on any atom is -0.390 e. The second kappa shape index (κ2) is 7.11. The molecule has 0 radical (unpaired) electrons. The summed E-state index contributed by atoms with van der Waals surface area (Å²) in [5, 5.41) is 19.9. The number of aliphatic hydroxyl groups excluding tert-OH is 1. The zero-order chi connectivity index (χ0) is 16.7. The third-order valence-electron chi connectivity index (χ3n) is 5.80. The zero-order valence-electron chi connectivity index (χ0n) is 13.9. The average Bonchev–Trinajstić information content (AvgIpc) is 3.33. The Morgan fingerprint density at radius 1 is 1.12 bits per heavy atom. The van der Waals surface area contributed by atoms with Crippen molar-refractivity contribution in [2.24, 2.45) is 5.73 Å². The molecule has 4 rings (SSSR count). The fourth-order valence-electron chi connectivity index (χ4n) is 4.24. The van der Waals surface area contributed by atoms with Crippen molar-refractivity contribution in [1.82, 2.24) is 16.0 Å². The van der Waals surface area contributed by atoms with Crippen molar-refractivity contribution < 1.29 is 19.0 Å². The zero-order valence-corrected chi connectivity index (χ0v) is 13.9.